The van der Waals surface area contributed by atoms with Crippen molar-refractivity contribution in [3.63, 3.8) is 0 Å². The van der Waals surface area contributed by atoms with Crippen LogP contribution in [0.2, 0.25) is 0 Å². The monoisotopic (exact) mass is 492 g/mol. The predicted octanol–water partition coefficient (Wildman–Crippen LogP) is 2.74. The summed E-state index contributed by atoms with van der Waals surface area (Å²) in [4.78, 5) is 53.7. The minimum absolute atomic E-state index is 0.0369. The lowest BCUT2D eigenvalue weighted by Crippen LogP contribution is -2.56. The Bertz CT molecular complexity index is 1100. The molecule has 0 aliphatic carbocycles. The number of hydrogen-bond acceptors (Lipinski definition) is 4. The van der Waals surface area contributed by atoms with Crippen molar-refractivity contribution >= 4 is 34.4 Å². The molecule has 1 atom stereocenters. The van der Waals surface area contributed by atoms with Gasteiger partial charge in [0.1, 0.15) is 6.04 Å². The number of unbranched alkanes of at least 4 members (excludes halogenated alkanes) is 1. The molecule has 0 spiro atoms. The highest BCUT2D eigenvalue weighted by molar-refractivity contribution is 6.07. The van der Waals surface area contributed by atoms with Crippen LogP contribution in [0, 0.1) is 5.92 Å². The van der Waals surface area contributed by atoms with Gasteiger partial charge in [0.05, 0.1) is 0 Å². The third-order valence-electron chi connectivity index (χ3n) is 6.44. The Morgan fingerprint density at radius 1 is 0.944 bits per heavy atom. The first-order valence-corrected chi connectivity index (χ1v) is 12.6. The molecule has 1 heterocycles. The van der Waals surface area contributed by atoms with E-state index in [-0.39, 0.29) is 29.5 Å². The van der Waals surface area contributed by atoms with E-state index in [0.29, 0.717) is 57.5 Å². The standard InChI is InChI=1S/C28H36N4O4/c1-4-25(33)29-15-8-7-14-24(30-26(34)20(2)3)28(36)32-18-16-31(17-19-32)27(35)23-13-9-11-21-10-5-6-12-22(21)23/h4-6,9-13,20,24H,1,7-8,14-19H2,2-3H3,(H,29,33)(H,30,34)/t24-/m0/s1. The number of nitrogens with zero attached hydrogens (tertiary/aromatic N) is 2. The minimum atomic E-state index is -0.629. The van der Waals surface area contributed by atoms with E-state index >= 15 is 0 Å². The van der Waals surface area contributed by atoms with Crippen molar-refractivity contribution in [1.82, 2.24) is 20.4 Å². The van der Waals surface area contributed by atoms with E-state index in [4.69, 9.17) is 0 Å². The number of rotatable bonds is 10. The molecule has 4 amide bonds. The normalized spacial score (nSPS) is 14.4. The fourth-order valence-electron chi connectivity index (χ4n) is 4.29. The molecule has 1 aliphatic rings. The second kappa shape index (κ2) is 12.9. The number of carbonyl (C=O) groups is 4. The summed E-state index contributed by atoms with van der Waals surface area (Å²) in [6, 6.07) is 12.9. The summed E-state index contributed by atoms with van der Waals surface area (Å²) in [5, 5.41) is 7.55. The Hall–Kier alpha value is -3.68. The Morgan fingerprint density at radius 3 is 2.31 bits per heavy atom. The third kappa shape index (κ3) is 6.93. The van der Waals surface area contributed by atoms with Crippen LogP contribution in [0.15, 0.2) is 55.1 Å². The molecular formula is C28H36N4O4. The molecule has 8 heteroatoms. The summed E-state index contributed by atoms with van der Waals surface area (Å²) >= 11 is 0. The van der Waals surface area contributed by atoms with Gasteiger partial charge in [0, 0.05) is 44.2 Å². The minimum Gasteiger partial charge on any atom is -0.353 e. The molecule has 8 nitrogen and oxygen atoms in total. The van der Waals surface area contributed by atoms with E-state index in [1.807, 2.05) is 42.5 Å². The van der Waals surface area contributed by atoms with Crippen LogP contribution in [-0.2, 0) is 14.4 Å². The molecule has 2 aromatic carbocycles. The fraction of sp³-hybridized carbons (Fsp3) is 0.429. The first-order chi connectivity index (χ1) is 17.3. The maximum atomic E-state index is 13.3. The van der Waals surface area contributed by atoms with Gasteiger partial charge < -0.3 is 20.4 Å². The van der Waals surface area contributed by atoms with Gasteiger partial charge >= 0.3 is 0 Å². The SMILES string of the molecule is C=CC(=O)NCCCC[C@H](NC(=O)C(C)C)C(=O)N1CCN(C(=O)c2cccc3ccccc23)CC1. The lowest BCUT2D eigenvalue weighted by molar-refractivity contribution is -0.138. The van der Waals surface area contributed by atoms with Crippen LogP contribution in [0.3, 0.4) is 0 Å². The number of nitrogens with one attached hydrogen (secondary N) is 2. The molecule has 1 saturated heterocycles. The molecule has 0 saturated carbocycles. The average molecular weight is 493 g/mol. The van der Waals surface area contributed by atoms with E-state index in [9.17, 15) is 19.2 Å². The van der Waals surface area contributed by atoms with Crippen molar-refractivity contribution < 1.29 is 19.2 Å². The van der Waals surface area contributed by atoms with E-state index in [2.05, 4.69) is 17.2 Å². The molecule has 0 bridgehead atoms. The van der Waals surface area contributed by atoms with Gasteiger partial charge in [-0.25, -0.2) is 0 Å². The van der Waals surface area contributed by atoms with Gasteiger partial charge in [0.15, 0.2) is 0 Å². The number of benzene rings is 2. The second-order valence-electron chi connectivity index (χ2n) is 9.35. The summed E-state index contributed by atoms with van der Waals surface area (Å²) in [5.74, 6) is -0.798. The van der Waals surface area contributed by atoms with Crippen LogP contribution in [0.1, 0.15) is 43.5 Å². The van der Waals surface area contributed by atoms with Crippen LogP contribution < -0.4 is 10.6 Å². The molecule has 36 heavy (non-hydrogen) atoms. The zero-order chi connectivity index (χ0) is 26.1. The Kier molecular flexibility index (Phi) is 9.61. The van der Waals surface area contributed by atoms with Crippen molar-refractivity contribution in [2.45, 2.75) is 39.2 Å². The van der Waals surface area contributed by atoms with Gasteiger partial charge in [-0.15, -0.1) is 0 Å². The fourth-order valence-corrected chi connectivity index (χ4v) is 4.29. The van der Waals surface area contributed by atoms with Crippen molar-refractivity contribution in [2.75, 3.05) is 32.7 Å². The summed E-state index contributed by atoms with van der Waals surface area (Å²) in [7, 11) is 0. The molecule has 2 aromatic rings. The number of carbonyl (C=O) groups excluding carboxylic acids is 4. The van der Waals surface area contributed by atoms with E-state index in [1.165, 1.54) is 6.08 Å². The molecule has 2 N–H and O–H groups in total. The topological polar surface area (TPSA) is 98.8 Å². The molecule has 0 aromatic heterocycles. The Balaban J connectivity index is 1.59. The van der Waals surface area contributed by atoms with Crippen LogP contribution in [0.4, 0.5) is 0 Å². The van der Waals surface area contributed by atoms with Gasteiger partial charge in [-0.1, -0.05) is 56.8 Å². The molecule has 1 fully saturated rings. The molecule has 1 aliphatic heterocycles. The number of piperazine rings is 1. The average Bonchev–Trinajstić information content (AvgIpc) is 2.90. The smallest absolute Gasteiger partial charge is 0.254 e. The van der Waals surface area contributed by atoms with Gasteiger partial charge in [0.25, 0.3) is 5.91 Å². The molecule has 3 rings (SSSR count). The van der Waals surface area contributed by atoms with Gasteiger partial charge in [-0.3, -0.25) is 19.2 Å². The molecule has 0 unspecified atom stereocenters. The number of amides is 4. The van der Waals surface area contributed by atoms with Crippen LogP contribution in [0.25, 0.3) is 10.8 Å². The largest absolute Gasteiger partial charge is 0.353 e. The third-order valence-corrected chi connectivity index (χ3v) is 6.44. The molecule has 0 radical (unpaired) electrons. The number of fused-ring (bicyclic) bond motifs is 1. The highest BCUT2D eigenvalue weighted by Gasteiger charge is 2.30. The summed E-state index contributed by atoms with van der Waals surface area (Å²) in [6.07, 6.45) is 3.07. The zero-order valence-corrected chi connectivity index (χ0v) is 21.2. The Morgan fingerprint density at radius 2 is 1.61 bits per heavy atom. The second-order valence-corrected chi connectivity index (χ2v) is 9.35. The van der Waals surface area contributed by atoms with Gasteiger partial charge in [0.2, 0.25) is 17.7 Å². The molecular weight excluding hydrogens is 456 g/mol. The summed E-state index contributed by atoms with van der Waals surface area (Å²) < 4.78 is 0. The van der Waals surface area contributed by atoms with E-state index < -0.39 is 6.04 Å². The number of hydrogen-bond donors (Lipinski definition) is 2. The first-order valence-electron chi connectivity index (χ1n) is 12.6. The summed E-state index contributed by atoms with van der Waals surface area (Å²) in [6.45, 7) is 9.20. The zero-order valence-electron chi connectivity index (χ0n) is 21.2. The van der Waals surface area contributed by atoms with Crippen LogP contribution >= 0.6 is 0 Å². The van der Waals surface area contributed by atoms with Crippen molar-refractivity contribution in [2.24, 2.45) is 5.92 Å². The first kappa shape index (κ1) is 26.9. The van der Waals surface area contributed by atoms with Crippen LogP contribution in [-0.4, -0.2) is 72.2 Å². The Labute approximate surface area is 212 Å². The quantitative estimate of drug-likeness (QED) is 0.394. The predicted molar refractivity (Wildman–Crippen MR) is 140 cm³/mol. The lowest BCUT2D eigenvalue weighted by Gasteiger charge is -2.37. The maximum Gasteiger partial charge on any atom is 0.254 e. The van der Waals surface area contributed by atoms with E-state index in [1.54, 1.807) is 23.6 Å². The highest BCUT2D eigenvalue weighted by atomic mass is 16.2. The van der Waals surface area contributed by atoms with E-state index in [0.717, 1.165) is 10.8 Å². The van der Waals surface area contributed by atoms with Crippen molar-refractivity contribution in [3.05, 3.63) is 60.7 Å². The van der Waals surface area contributed by atoms with Gasteiger partial charge in [-0.2, -0.15) is 0 Å². The lowest BCUT2D eigenvalue weighted by atomic mass is 10.0. The maximum absolute atomic E-state index is 13.3. The molecule has 192 valence electrons. The van der Waals surface area contributed by atoms with Crippen LogP contribution in [0.5, 0.6) is 0 Å². The van der Waals surface area contributed by atoms with Gasteiger partial charge in [-0.05, 0) is 42.2 Å². The van der Waals surface area contributed by atoms with Crippen molar-refractivity contribution in [1.29, 1.82) is 0 Å². The summed E-state index contributed by atoms with van der Waals surface area (Å²) in [5.41, 5.74) is 0.665. The van der Waals surface area contributed by atoms with Crippen molar-refractivity contribution in [3.8, 4) is 0 Å². The highest BCUT2D eigenvalue weighted by Crippen LogP contribution is 2.21.